The number of fused-ring (bicyclic) bond motifs is 3. The maximum absolute atomic E-state index is 12.0. The van der Waals surface area contributed by atoms with E-state index in [0.29, 0.717) is 10.2 Å². The van der Waals surface area contributed by atoms with Crippen LogP contribution in [0.1, 0.15) is 33.9 Å². The van der Waals surface area contributed by atoms with Crippen molar-refractivity contribution in [1.82, 2.24) is 15.4 Å². The summed E-state index contributed by atoms with van der Waals surface area (Å²) < 4.78 is 0. The quantitative estimate of drug-likeness (QED) is 0.396. The van der Waals surface area contributed by atoms with Gasteiger partial charge in [0.05, 0.1) is 5.39 Å². The standard InChI is InChI=1S/C11H12N4O2S/c12-15-10(17)8-13-9(16)7-5-3-1-2-4-6(5)18-11(7)14-8/h1-4,12H2,(H,15,17)(H,13,14,16). The van der Waals surface area contributed by atoms with Gasteiger partial charge in [0, 0.05) is 4.88 Å². The number of hydrogen-bond donors (Lipinski definition) is 3. The summed E-state index contributed by atoms with van der Waals surface area (Å²) in [6, 6.07) is 0. The molecular weight excluding hydrogens is 252 g/mol. The van der Waals surface area contributed by atoms with Gasteiger partial charge in [-0.15, -0.1) is 11.3 Å². The highest BCUT2D eigenvalue weighted by molar-refractivity contribution is 7.18. The van der Waals surface area contributed by atoms with Crippen molar-refractivity contribution in [3.63, 3.8) is 0 Å². The number of rotatable bonds is 1. The zero-order valence-electron chi connectivity index (χ0n) is 9.58. The predicted molar refractivity (Wildman–Crippen MR) is 68.5 cm³/mol. The number of hydrogen-bond acceptors (Lipinski definition) is 5. The lowest BCUT2D eigenvalue weighted by Crippen LogP contribution is -2.33. The van der Waals surface area contributed by atoms with Crippen molar-refractivity contribution in [2.24, 2.45) is 5.84 Å². The first kappa shape index (κ1) is 11.4. The summed E-state index contributed by atoms with van der Waals surface area (Å²) in [5.41, 5.74) is 2.82. The Kier molecular flexibility index (Phi) is 2.64. The van der Waals surface area contributed by atoms with Crippen LogP contribution in [-0.2, 0) is 12.8 Å². The summed E-state index contributed by atoms with van der Waals surface area (Å²) in [5.74, 6) is 4.42. The van der Waals surface area contributed by atoms with Crippen LogP contribution in [0.4, 0.5) is 0 Å². The van der Waals surface area contributed by atoms with Crippen LogP contribution in [0.3, 0.4) is 0 Å². The number of amides is 1. The lowest BCUT2D eigenvalue weighted by molar-refractivity contribution is 0.0943. The highest BCUT2D eigenvalue weighted by Gasteiger charge is 2.20. The number of nitrogen functional groups attached to an aromatic ring is 1. The smallest absolute Gasteiger partial charge is 0.301 e. The molecule has 0 bridgehead atoms. The fourth-order valence-corrected chi connectivity index (χ4v) is 3.60. The molecule has 0 atom stereocenters. The van der Waals surface area contributed by atoms with Crippen LogP contribution in [0, 0.1) is 0 Å². The highest BCUT2D eigenvalue weighted by atomic mass is 32.1. The largest absolute Gasteiger partial charge is 0.302 e. The monoisotopic (exact) mass is 264 g/mol. The van der Waals surface area contributed by atoms with Gasteiger partial charge in [-0.1, -0.05) is 0 Å². The molecule has 18 heavy (non-hydrogen) atoms. The predicted octanol–water partition coefficient (Wildman–Crippen LogP) is 0.467. The van der Waals surface area contributed by atoms with Gasteiger partial charge in [-0.25, -0.2) is 10.8 Å². The third-order valence-corrected chi connectivity index (χ3v) is 4.36. The molecule has 0 radical (unpaired) electrons. The van der Waals surface area contributed by atoms with E-state index in [-0.39, 0.29) is 11.4 Å². The molecular formula is C11H12N4O2S. The summed E-state index contributed by atoms with van der Waals surface area (Å²) >= 11 is 1.50. The van der Waals surface area contributed by atoms with Gasteiger partial charge in [-0.05, 0) is 31.2 Å². The number of hydrazine groups is 1. The first-order chi connectivity index (χ1) is 8.70. The van der Waals surface area contributed by atoms with Crippen molar-refractivity contribution in [2.45, 2.75) is 25.7 Å². The molecule has 3 rings (SSSR count). The molecule has 0 fully saturated rings. The summed E-state index contributed by atoms with van der Waals surface area (Å²) in [5, 5.41) is 0.642. The summed E-state index contributed by atoms with van der Waals surface area (Å²) in [4.78, 5) is 32.0. The van der Waals surface area contributed by atoms with Gasteiger partial charge >= 0.3 is 5.91 Å². The Labute approximate surface area is 106 Å². The van der Waals surface area contributed by atoms with Gasteiger partial charge in [-0.2, -0.15) is 0 Å². The fourth-order valence-electron chi connectivity index (χ4n) is 2.34. The Bertz CT molecular complexity index is 688. The number of thiophene rings is 1. The minimum Gasteiger partial charge on any atom is -0.302 e. The molecule has 6 nitrogen and oxygen atoms in total. The molecule has 2 heterocycles. The molecule has 0 unspecified atom stereocenters. The first-order valence-electron chi connectivity index (χ1n) is 5.76. The number of aromatic nitrogens is 2. The average Bonchev–Trinajstić information content (AvgIpc) is 2.76. The van der Waals surface area contributed by atoms with Crippen LogP contribution < -0.4 is 16.8 Å². The number of aromatic amines is 1. The molecule has 1 aliphatic rings. The molecule has 0 aliphatic heterocycles. The van der Waals surface area contributed by atoms with Crippen LogP contribution in [0.25, 0.3) is 10.2 Å². The summed E-state index contributed by atoms with van der Waals surface area (Å²) in [6.07, 6.45) is 4.16. The second kappa shape index (κ2) is 4.18. The van der Waals surface area contributed by atoms with Gasteiger partial charge in [0.25, 0.3) is 5.56 Å². The normalized spacial score (nSPS) is 14.5. The lowest BCUT2D eigenvalue weighted by Gasteiger charge is -2.09. The van der Waals surface area contributed by atoms with Gasteiger partial charge in [0.15, 0.2) is 0 Å². The zero-order chi connectivity index (χ0) is 12.7. The molecule has 0 aromatic carbocycles. The molecule has 94 valence electrons. The number of carbonyl (C=O) groups excluding carboxylic acids is 1. The molecule has 2 aromatic rings. The molecule has 0 saturated heterocycles. The zero-order valence-corrected chi connectivity index (χ0v) is 10.4. The van der Waals surface area contributed by atoms with E-state index in [1.807, 2.05) is 5.43 Å². The van der Waals surface area contributed by atoms with Crippen molar-refractivity contribution in [3.05, 3.63) is 26.6 Å². The van der Waals surface area contributed by atoms with E-state index >= 15 is 0 Å². The van der Waals surface area contributed by atoms with Crippen LogP contribution >= 0.6 is 11.3 Å². The number of nitrogens with zero attached hydrogens (tertiary/aromatic N) is 1. The molecule has 2 aromatic heterocycles. The van der Waals surface area contributed by atoms with Crippen molar-refractivity contribution >= 4 is 27.5 Å². The summed E-state index contributed by atoms with van der Waals surface area (Å²) in [6.45, 7) is 0. The van der Waals surface area contributed by atoms with Crippen LogP contribution in [0.2, 0.25) is 0 Å². The number of carbonyl (C=O) groups is 1. The Morgan fingerprint density at radius 2 is 2.17 bits per heavy atom. The van der Waals surface area contributed by atoms with Gasteiger partial charge < -0.3 is 4.98 Å². The minimum absolute atomic E-state index is 0.0337. The SMILES string of the molecule is NNC(=O)c1nc2sc3c(c2c(=O)[nH]1)CCCC3. The Hall–Kier alpha value is -1.73. The van der Waals surface area contributed by atoms with Crippen LogP contribution in [-0.4, -0.2) is 15.9 Å². The Morgan fingerprint density at radius 1 is 1.39 bits per heavy atom. The van der Waals surface area contributed by atoms with Crippen molar-refractivity contribution < 1.29 is 4.79 Å². The lowest BCUT2D eigenvalue weighted by atomic mass is 9.97. The van der Waals surface area contributed by atoms with E-state index in [0.717, 1.165) is 31.2 Å². The van der Waals surface area contributed by atoms with Gasteiger partial charge in [0.2, 0.25) is 5.82 Å². The van der Waals surface area contributed by atoms with Crippen molar-refractivity contribution in [2.75, 3.05) is 0 Å². The molecule has 0 saturated carbocycles. The molecule has 4 N–H and O–H groups in total. The molecule has 0 spiro atoms. The van der Waals surface area contributed by atoms with Crippen molar-refractivity contribution in [1.29, 1.82) is 0 Å². The van der Waals surface area contributed by atoms with Gasteiger partial charge in [0.1, 0.15) is 4.83 Å². The average molecular weight is 264 g/mol. The van der Waals surface area contributed by atoms with E-state index in [2.05, 4.69) is 9.97 Å². The van der Waals surface area contributed by atoms with E-state index in [9.17, 15) is 9.59 Å². The number of nitrogens with one attached hydrogen (secondary N) is 2. The second-order valence-electron chi connectivity index (χ2n) is 4.28. The maximum Gasteiger partial charge on any atom is 0.301 e. The van der Waals surface area contributed by atoms with Crippen molar-refractivity contribution in [3.8, 4) is 0 Å². The fraction of sp³-hybridized carbons (Fsp3) is 0.364. The van der Waals surface area contributed by atoms with E-state index in [1.165, 1.54) is 16.2 Å². The van der Waals surface area contributed by atoms with E-state index in [1.54, 1.807) is 0 Å². The topological polar surface area (TPSA) is 101 Å². The van der Waals surface area contributed by atoms with E-state index < -0.39 is 5.91 Å². The van der Waals surface area contributed by atoms with Gasteiger partial charge in [-0.3, -0.25) is 15.0 Å². The highest BCUT2D eigenvalue weighted by Crippen LogP contribution is 2.33. The number of aryl methyl sites for hydroxylation is 2. The second-order valence-corrected chi connectivity index (χ2v) is 5.36. The van der Waals surface area contributed by atoms with Crippen LogP contribution in [0.5, 0.6) is 0 Å². The molecule has 1 amide bonds. The third-order valence-electron chi connectivity index (χ3n) is 3.17. The van der Waals surface area contributed by atoms with E-state index in [4.69, 9.17) is 5.84 Å². The Morgan fingerprint density at radius 3 is 2.94 bits per heavy atom. The maximum atomic E-state index is 12.0. The summed E-state index contributed by atoms with van der Waals surface area (Å²) in [7, 11) is 0. The van der Waals surface area contributed by atoms with Crippen LogP contribution in [0.15, 0.2) is 4.79 Å². The number of nitrogens with two attached hydrogens (primary N) is 1. The molecule has 1 aliphatic carbocycles. The third kappa shape index (κ3) is 1.63. The Balaban J connectivity index is 2.26. The number of H-pyrrole nitrogens is 1. The first-order valence-corrected chi connectivity index (χ1v) is 6.58. The molecule has 7 heteroatoms. The minimum atomic E-state index is -0.583.